The van der Waals surface area contributed by atoms with E-state index in [4.69, 9.17) is 5.73 Å². The van der Waals surface area contributed by atoms with Gasteiger partial charge >= 0.3 is 0 Å². The maximum absolute atomic E-state index is 14.7. The lowest BCUT2D eigenvalue weighted by Crippen LogP contribution is -2.33. The van der Waals surface area contributed by atoms with Crippen molar-refractivity contribution in [3.8, 4) is 0 Å². The number of aromatic nitrogens is 1. The van der Waals surface area contributed by atoms with Crippen molar-refractivity contribution in [2.45, 2.75) is 44.6 Å². The van der Waals surface area contributed by atoms with Gasteiger partial charge in [0, 0.05) is 54.6 Å². The van der Waals surface area contributed by atoms with Crippen molar-refractivity contribution in [2.75, 3.05) is 24.3 Å². The van der Waals surface area contributed by atoms with E-state index in [1.165, 1.54) is 0 Å². The van der Waals surface area contributed by atoms with Crippen LogP contribution >= 0.6 is 0 Å². The summed E-state index contributed by atoms with van der Waals surface area (Å²) in [5, 5.41) is 3.32. The van der Waals surface area contributed by atoms with E-state index in [2.05, 4.69) is 10.3 Å². The number of halogens is 3. The van der Waals surface area contributed by atoms with Gasteiger partial charge in [-0.05, 0) is 31.9 Å². The van der Waals surface area contributed by atoms with Crippen molar-refractivity contribution >= 4 is 17.4 Å². The molecule has 1 aromatic carbocycles. The van der Waals surface area contributed by atoms with E-state index in [1.54, 1.807) is 0 Å². The SMILES string of the molecule is Cc1cc(N(C)C)cc(NC2CCCCC2c2c(C(N)=O)cc(F)c(F)c2F)n1. The Kier molecular flexibility index (Phi) is 6.00. The molecule has 1 aromatic heterocycles. The third-order valence-electron chi connectivity index (χ3n) is 5.39. The number of nitrogens with zero attached hydrogens (tertiary/aromatic N) is 2. The van der Waals surface area contributed by atoms with E-state index in [0.29, 0.717) is 24.7 Å². The van der Waals surface area contributed by atoms with Crippen LogP contribution in [0, 0.1) is 24.4 Å². The Morgan fingerprint density at radius 3 is 2.48 bits per heavy atom. The number of anilines is 2. The van der Waals surface area contributed by atoms with Gasteiger partial charge in [-0.15, -0.1) is 0 Å². The zero-order valence-electron chi connectivity index (χ0n) is 16.7. The van der Waals surface area contributed by atoms with Crippen LogP contribution in [-0.2, 0) is 0 Å². The summed E-state index contributed by atoms with van der Waals surface area (Å²) in [6, 6.07) is 4.20. The number of carbonyl (C=O) groups excluding carboxylic acids is 1. The molecule has 3 rings (SSSR count). The molecule has 29 heavy (non-hydrogen) atoms. The monoisotopic (exact) mass is 406 g/mol. The van der Waals surface area contributed by atoms with Crippen molar-refractivity contribution in [3.05, 3.63) is 52.5 Å². The number of primary amides is 1. The van der Waals surface area contributed by atoms with Crippen LogP contribution in [0.4, 0.5) is 24.7 Å². The molecular weight excluding hydrogens is 381 g/mol. The van der Waals surface area contributed by atoms with Gasteiger partial charge in [-0.2, -0.15) is 0 Å². The Hall–Kier alpha value is -2.77. The smallest absolute Gasteiger partial charge is 0.249 e. The summed E-state index contributed by atoms with van der Waals surface area (Å²) in [6.45, 7) is 1.87. The Morgan fingerprint density at radius 2 is 1.83 bits per heavy atom. The number of hydrogen-bond acceptors (Lipinski definition) is 4. The Labute approximate surface area is 168 Å². The molecule has 0 spiro atoms. The van der Waals surface area contributed by atoms with Crippen LogP contribution < -0.4 is 16.0 Å². The van der Waals surface area contributed by atoms with Crippen LogP contribution in [0.1, 0.15) is 53.2 Å². The summed E-state index contributed by atoms with van der Waals surface area (Å²) in [4.78, 5) is 18.3. The normalized spacial score (nSPS) is 19.1. The van der Waals surface area contributed by atoms with Gasteiger partial charge in [0.15, 0.2) is 17.5 Å². The lowest BCUT2D eigenvalue weighted by atomic mass is 9.77. The van der Waals surface area contributed by atoms with Crippen LogP contribution in [-0.4, -0.2) is 31.0 Å². The van der Waals surface area contributed by atoms with Gasteiger partial charge in [-0.25, -0.2) is 18.2 Å². The third kappa shape index (κ3) is 4.31. The van der Waals surface area contributed by atoms with Crippen molar-refractivity contribution in [2.24, 2.45) is 5.73 Å². The minimum Gasteiger partial charge on any atom is -0.377 e. The fraction of sp³-hybridized carbons (Fsp3) is 0.429. The van der Waals surface area contributed by atoms with Gasteiger partial charge in [-0.1, -0.05) is 12.8 Å². The highest BCUT2D eigenvalue weighted by atomic mass is 19.2. The molecule has 8 heteroatoms. The first-order chi connectivity index (χ1) is 13.7. The molecule has 1 fully saturated rings. The number of nitrogens with two attached hydrogens (primary N) is 1. The van der Waals surface area contributed by atoms with Crippen LogP contribution in [0.15, 0.2) is 18.2 Å². The average molecular weight is 406 g/mol. The molecule has 156 valence electrons. The summed E-state index contributed by atoms with van der Waals surface area (Å²) in [7, 11) is 3.83. The van der Waals surface area contributed by atoms with Gasteiger partial charge in [0.1, 0.15) is 5.82 Å². The van der Waals surface area contributed by atoms with Gasteiger partial charge in [0.05, 0.1) is 0 Å². The van der Waals surface area contributed by atoms with E-state index >= 15 is 0 Å². The number of nitrogens with one attached hydrogen (secondary N) is 1. The first kappa shape index (κ1) is 21.0. The number of pyridine rings is 1. The Morgan fingerprint density at radius 1 is 1.14 bits per heavy atom. The van der Waals surface area contributed by atoms with E-state index < -0.39 is 29.3 Å². The van der Waals surface area contributed by atoms with Gasteiger partial charge in [0.2, 0.25) is 5.91 Å². The summed E-state index contributed by atoms with van der Waals surface area (Å²) in [5.41, 5.74) is 6.63. The maximum Gasteiger partial charge on any atom is 0.249 e. The lowest BCUT2D eigenvalue weighted by molar-refractivity contribution is 0.0997. The van der Waals surface area contributed by atoms with E-state index in [-0.39, 0.29) is 17.2 Å². The topological polar surface area (TPSA) is 71.2 Å². The summed E-state index contributed by atoms with van der Waals surface area (Å²) >= 11 is 0. The Balaban J connectivity index is 2.02. The lowest BCUT2D eigenvalue weighted by Gasteiger charge is -2.34. The Bertz CT molecular complexity index is 933. The molecule has 1 saturated carbocycles. The standard InChI is InChI=1S/C21H25F3N4O/c1-11-8-12(28(2)3)9-17(26-11)27-16-7-5-4-6-13(16)18-14(21(25)29)10-15(22)19(23)20(18)24/h8-10,13,16H,4-7H2,1-3H3,(H2,25,29)(H,26,27). The summed E-state index contributed by atoms with van der Waals surface area (Å²) in [5.74, 6) is -5.26. The predicted molar refractivity (Wildman–Crippen MR) is 107 cm³/mol. The maximum atomic E-state index is 14.7. The highest BCUT2D eigenvalue weighted by Gasteiger charge is 2.34. The molecule has 1 aliphatic carbocycles. The van der Waals surface area contributed by atoms with Crippen molar-refractivity contribution in [3.63, 3.8) is 0 Å². The van der Waals surface area contributed by atoms with Crippen LogP contribution in [0.25, 0.3) is 0 Å². The molecule has 0 bridgehead atoms. The van der Waals surface area contributed by atoms with E-state index in [1.807, 2.05) is 38.1 Å². The summed E-state index contributed by atoms with van der Waals surface area (Å²) in [6.07, 6.45) is 2.86. The molecule has 0 radical (unpaired) electrons. The second-order valence-corrected chi connectivity index (χ2v) is 7.70. The van der Waals surface area contributed by atoms with E-state index in [9.17, 15) is 18.0 Å². The van der Waals surface area contributed by atoms with Crippen molar-refractivity contribution < 1.29 is 18.0 Å². The quantitative estimate of drug-likeness (QED) is 0.733. The third-order valence-corrected chi connectivity index (χ3v) is 5.39. The first-order valence-corrected chi connectivity index (χ1v) is 9.58. The molecule has 1 amide bonds. The molecule has 2 aromatic rings. The zero-order valence-corrected chi connectivity index (χ0v) is 16.7. The number of rotatable bonds is 5. The molecule has 1 heterocycles. The van der Waals surface area contributed by atoms with Crippen LogP contribution in [0.3, 0.4) is 0 Å². The van der Waals surface area contributed by atoms with Crippen LogP contribution in [0.5, 0.6) is 0 Å². The number of carbonyl (C=O) groups is 1. The molecule has 2 atom stereocenters. The number of hydrogen-bond donors (Lipinski definition) is 2. The molecule has 3 N–H and O–H groups in total. The molecule has 1 aliphatic rings. The zero-order chi connectivity index (χ0) is 21.3. The van der Waals surface area contributed by atoms with Gasteiger partial charge in [-0.3, -0.25) is 4.79 Å². The minimum atomic E-state index is -1.59. The fourth-order valence-corrected chi connectivity index (χ4v) is 4.00. The minimum absolute atomic E-state index is 0.158. The molecule has 0 saturated heterocycles. The van der Waals surface area contributed by atoms with Gasteiger partial charge in [0.25, 0.3) is 0 Å². The highest BCUT2D eigenvalue weighted by Crippen LogP contribution is 2.39. The fourth-order valence-electron chi connectivity index (χ4n) is 4.00. The first-order valence-electron chi connectivity index (χ1n) is 9.58. The predicted octanol–water partition coefficient (Wildman–Crippen LogP) is 4.11. The average Bonchev–Trinajstić information content (AvgIpc) is 2.66. The number of benzene rings is 1. The van der Waals surface area contributed by atoms with E-state index in [0.717, 1.165) is 24.2 Å². The molecule has 5 nitrogen and oxygen atoms in total. The molecular formula is C21H25F3N4O. The van der Waals surface area contributed by atoms with Gasteiger partial charge < -0.3 is 16.0 Å². The number of amides is 1. The second-order valence-electron chi connectivity index (χ2n) is 7.70. The molecule has 0 aliphatic heterocycles. The second kappa shape index (κ2) is 8.31. The van der Waals surface area contributed by atoms with Crippen molar-refractivity contribution in [1.29, 1.82) is 0 Å². The summed E-state index contributed by atoms with van der Waals surface area (Å²) < 4.78 is 42.4. The van der Waals surface area contributed by atoms with Crippen LogP contribution in [0.2, 0.25) is 0 Å². The number of aryl methyl sites for hydroxylation is 1. The highest BCUT2D eigenvalue weighted by molar-refractivity contribution is 5.94. The van der Waals surface area contributed by atoms with Crippen molar-refractivity contribution in [1.82, 2.24) is 4.98 Å². The molecule has 2 unspecified atom stereocenters. The largest absolute Gasteiger partial charge is 0.377 e.